The number of nitrogens with zero attached hydrogens (tertiary/aromatic N) is 2. The minimum absolute atomic E-state index is 0.583. The third-order valence-electron chi connectivity index (χ3n) is 3.95. The van der Waals surface area contributed by atoms with Crippen LogP contribution < -0.4 is 15.4 Å². The van der Waals surface area contributed by atoms with E-state index < -0.39 is 0 Å². The number of aromatic nitrogens is 1. The zero-order chi connectivity index (χ0) is 14.4. The first-order valence-electron chi connectivity index (χ1n) is 7.88. The highest BCUT2D eigenvalue weighted by atomic mass is 16.5. The molecule has 1 saturated heterocycles. The summed E-state index contributed by atoms with van der Waals surface area (Å²) in [5.41, 5.74) is 6.54. The number of nitrogens with two attached hydrogens (primary N) is 1. The standard InChI is InChI=1S/C16H27N3O/c1-3-5-13-8-10-19(11-9-13)15-7-6-14(17)16(18-15)20-12-4-2/h6-7,13H,3-5,8-12,17H2,1-2H3. The molecule has 2 heterocycles. The second-order valence-corrected chi connectivity index (χ2v) is 5.63. The maximum absolute atomic E-state index is 5.92. The highest BCUT2D eigenvalue weighted by Crippen LogP contribution is 2.28. The van der Waals surface area contributed by atoms with Gasteiger partial charge in [0.25, 0.3) is 0 Å². The molecule has 0 radical (unpaired) electrons. The summed E-state index contributed by atoms with van der Waals surface area (Å²) in [5, 5.41) is 0. The van der Waals surface area contributed by atoms with Crippen molar-refractivity contribution in [3.8, 4) is 5.88 Å². The molecule has 112 valence electrons. The number of anilines is 2. The predicted molar refractivity (Wildman–Crippen MR) is 84.3 cm³/mol. The van der Waals surface area contributed by atoms with Crippen LogP contribution >= 0.6 is 0 Å². The summed E-state index contributed by atoms with van der Waals surface area (Å²) in [5.74, 6) is 2.47. The molecule has 1 aliphatic rings. The highest BCUT2D eigenvalue weighted by Gasteiger charge is 2.20. The molecule has 0 atom stereocenters. The highest BCUT2D eigenvalue weighted by molar-refractivity contribution is 5.54. The van der Waals surface area contributed by atoms with E-state index in [1.165, 1.54) is 25.7 Å². The topological polar surface area (TPSA) is 51.4 Å². The number of piperidine rings is 1. The number of hydrogen-bond acceptors (Lipinski definition) is 4. The Hall–Kier alpha value is -1.45. The van der Waals surface area contributed by atoms with Gasteiger partial charge < -0.3 is 15.4 Å². The molecule has 0 spiro atoms. The lowest BCUT2D eigenvalue weighted by Crippen LogP contribution is -2.34. The van der Waals surface area contributed by atoms with Crippen molar-refractivity contribution >= 4 is 11.5 Å². The van der Waals surface area contributed by atoms with Gasteiger partial charge in [-0.1, -0.05) is 26.7 Å². The predicted octanol–water partition coefficient (Wildman–Crippen LogP) is 3.47. The van der Waals surface area contributed by atoms with Crippen molar-refractivity contribution in [1.29, 1.82) is 0 Å². The number of hydrogen-bond donors (Lipinski definition) is 1. The maximum Gasteiger partial charge on any atom is 0.239 e. The van der Waals surface area contributed by atoms with E-state index in [-0.39, 0.29) is 0 Å². The molecule has 1 aliphatic heterocycles. The molecule has 0 unspecified atom stereocenters. The molecular weight excluding hydrogens is 250 g/mol. The molecule has 4 heteroatoms. The van der Waals surface area contributed by atoms with Crippen LogP contribution in [0.4, 0.5) is 11.5 Å². The van der Waals surface area contributed by atoms with Gasteiger partial charge in [0.1, 0.15) is 5.82 Å². The summed E-state index contributed by atoms with van der Waals surface area (Å²) in [7, 11) is 0. The van der Waals surface area contributed by atoms with Crippen LogP contribution in [-0.4, -0.2) is 24.7 Å². The van der Waals surface area contributed by atoms with Crippen molar-refractivity contribution in [1.82, 2.24) is 4.98 Å². The molecule has 1 aromatic rings. The zero-order valence-corrected chi connectivity index (χ0v) is 12.8. The van der Waals surface area contributed by atoms with E-state index >= 15 is 0 Å². The van der Waals surface area contributed by atoms with E-state index in [2.05, 4.69) is 23.7 Å². The van der Waals surface area contributed by atoms with E-state index in [1.54, 1.807) is 0 Å². The van der Waals surface area contributed by atoms with Gasteiger partial charge in [0.15, 0.2) is 0 Å². The van der Waals surface area contributed by atoms with Crippen molar-refractivity contribution in [3.63, 3.8) is 0 Å². The van der Waals surface area contributed by atoms with Crippen LogP contribution in [0.15, 0.2) is 12.1 Å². The molecule has 20 heavy (non-hydrogen) atoms. The first-order valence-corrected chi connectivity index (χ1v) is 7.88. The van der Waals surface area contributed by atoms with Gasteiger partial charge in [-0.25, -0.2) is 0 Å². The SMILES string of the molecule is CCCOc1nc(N2CCC(CCC)CC2)ccc1N. The Bertz CT molecular complexity index is 414. The smallest absolute Gasteiger partial charge is 0.239 e. The molecule has 0 amide bonds. The summed E-state index contributed by atoms with van der Waals surface area (Å²) in [6.45, 7) is 7.20. The van der Waals surface area contributed by atoms with Crippen molar-refractivity contribution in [2.45, 2.75) is 46.0 Å². The lowest BCUT2D eigenvalue weighted by molar-refractivity contribution is 0.306. The lowest BCUT2D eigenvalue weighted by atomic mass is 9.92. The molecule has 0 aromatic carbocycles. The Labute approximate surface area is 122 Å². The fourth-order valence-electron chi connectivity index (χ4n) is 2.79. The summed E-state index contributed by atoms with van der Waals surface area (Å²) in [6, 6.07) is 3.92. The Balaban J connectivity index is 1.99. The van der Waals surface area contributed by atoms with Crippen LogP contribution in [0, 0.1) is 5.92 Å². The largest absolute Gasteiger partial charge is 0.476 e. The lowest BCUT2D eigenvalue weighted by Gasteiger charge is -2.33. The summed E-state index contributed by atoms with van der Waals surface area (Å²) < 4.78 is 5.61. The number of rotatable bonds is 6. The average Bonchev–Trinajstić information content (AvgIpc) is 2.48. The number of ether oxygens (including phenoxy) is 1. The van der Waals surface area contributed by atoms with Crippen LogP contribution in [0.2, 0.25) is 0 Å². The second kappa shape index (κ2) is 7.36. The Morgan fingerprint density at radius 1 is 1.25 bits per heavy atom. The Morgan fingerprint density at radius 2 is 2.00 bits per heavy atom. The summed E-state index contributed by atoms with van der Waals surface area (Å²) in [6.07, 6.45) is 6.15. The third-order valence-corrected chi connectivity index (χ3v) is 3.95. The third kappa shape index (κ3) is 3.78. The van der Waals surface area contributed by atoms with Crippen molar-refractivity contribution < 1.29 is 4.74 Å². The molecule has 0 bridgehead atoms. The van der Waals surface area contributed by atoms with Gasteiger partial charge >= 0.3 is 0 Å². The fourth-order valence-corrected chi connectivity index (χ4v) is 2.79. The number of pyridine rings is 1. The van der Waals surface area contributed by atoms with E-state index in [0.717, 1.165) is 31.2 Å². The van der Waals surface area contributed by atoms with Crippen LogP contribution in [0.25, 0.3) is 0 Å². The molecular formula is C16H27N3O. The van der Waals surface area contributed by atoms with Crippen LogP contribution in [0.1, 0.15) is 46.0 Å². The van der Waals surface area contributed by atoms with Gasteiger partial charge in [-0.3, -0.25) is 0 Å². The minimum Gasteiger partial charge on any atom is -0.476 e. The molecule has 0 saturated carbocycles. The Kier molecular flexibility index (Phi) is 5.50. The molecule has 2 N–H and O–H groups in total. The maximum atomic E-state index is 5.92. The van der Waals surface area contributed by atoms with E-state index in [1.807, 2.05) is 12.1 Å². The van der Waals surface area contributed by atoms with Crippen LogP contribution in [0.3, 0.4) is 0 Å². The van der Waals surface area contributed by atoms with Crippen LogP contribution in [0.5, 0.6) is 5.88 Å². The second-order valence-electron chi connectivity index (χ2n) is 5.63. The van der Waals surface area contributed by atoms with Crippen molar-refractivity contribution in [2.24, 2.45) is 5.92 Å². The first kappa shape index (κ1) is 14.9. The van der Waals surface area contributed by atoms with Crippen molar-refractivity contribution in [3.05, 3.63) is 12.1 Å². The molecule has 1 aromatic heterocycles. The quantitative estimate of drug-likeness (QED) is 0.865. The van der Waals surface area contributed by atoms with Crippen LogP contribution in [-0.2, 0) is 0 Å². The molecule has 0 aliphatic carbocycles. The van der Waals surface area contributed by atoms with Gasteiger partial charge in [0.2, 0.25) is 5.88 Å². The molecule has 2 rings (SSSR count). The zero-order valence-electron chi connectivity index (χ0n) is 12.8. The Morgan fingerprint density at radius 3 is 2.65 bits per heavy atom. The van der Waals surface area contributed by atoms with Gasteiger partial charge in [0.05, 0.1) is 12.3 Å². The summed E-state index contributed by atoms with van der Waals surface area (Å²) >= 11 is 0. The average molecular weight is 277 g/mol. The van der Waals surface area contributed by atoms with E-state index in [9.17, 15) is 0 Å². The molecule has 4 nitrogen and oxygen atoms in total. The van der Waals surface area contributed by atoms with Crippen molar-refractivity contribution in [2.75, 3.05) is 30.3 Å². The van der Waals surface area contributed by atoms with Gasteiger partial charge in [0, 0.05) is 13.1 Å². The van der Waals surface area contributed by atoms with Gasteiger partial charge in [-0.15, -0.1) is 0 Å². The fraction of sp³-hybridized carbons (Fsp3) is 0.688. The van der Waals surface area contributed by atoms with Gasteiger partial charge in [-0.05, 0) is 37.3 Å². The minimum atomic E-state index is 0.583. The van der Waals surface area contributed by atoms with E-state index in [0.29, 0.717) is 18.2 Å². The number of nitrogen functional groups attached to an aromatic ring is 1. The monoisotopic (exact) mass is 277 g/mol. The first-order chi connectivity index (χ1) is 9.74. The summed E-state index contributed by atoms with van der Waals surface area (Å²) in [4.78, 5) is 6.93. The van der Waals surface area contributed by atoms with E-state index in [4.69, 9.17) is 10.5 Å². The normalized spacial score (nSPS) is 16.4. The molecule has 1 fully saturated rings. The van der Waals surface area contributed by atoms with Gasteiger partial charge in [-0.2, -0.15) is 4.98 Å².